The Balaban J connectivity index is 2.62. The molecule has 1 unspecified atom stereocenters. The zero-order chi connectivity index (χ0) is 26.1. The number of esters is 2. The van der Waals surface area contributed by atoms with Crippen molar-refractivity contribution in [3.8, 4) is 0 Å². The van der Waals surface area contributed by atoms with Gasteiger partial charge in [0.25, 0.3) is 0 Å². The summed E-state index contributed by atoms with van der Waals surface area (Å²) in [6, 6.07) is 9.32. The summed E-state index contributed by atoms with van der Waals surface area (Å²) >= 11 is 0. The van der Waals surface area contributed by atoms with Crippen molar-refractivity contribution in [1.82, 2.24) is 0 Å². The zero-order valence-electron chi connectivity index (χ0n) is 22.2. The van der Waals surface area contributed by atoms with E-state index in [0.717, 1.165) is 5.69 Å². The third kappa shape index (κ3) is 7.05. The van der Waals surface area contributed by atoms with Gasteiger partial charge in [0.05, 0.1) is 17.1 Å². The van der Waals surface area contributed by atoms with E-state index < -0.39 is 34.5 Å². The highest BCUT2D eigenvalue weighted by Gasteiger charge is 2.40. The second-order valence-corrected chi connectivity index (χ2v) is 11.7. The molecule has 0 spiro atoms. The van der Waals surface area contributed by atoms with Crippen LogP contribution in [0.2, 0.25) is 0 Å². The highest BCUT2D eigenvalue weighted by Crippen LogP contribution is 2.41. The molecule has 2 rings (SSSR count). The number of carbonyl (C=O) groups is 3. The van der Waals surface area contributed by atoms with Crippen molar-refractivity contribution in [3.63, 3.8) is 0 Å². The number of rotatable bonds is 4. The van der Waals surface area contributed by atoms with Crippen LogP contribution >= 0.6 is 0 Å². The number of benzene rings is 1. The zero-order valence-corrected chi connectivity index (χ0v) is 22.2. The molecule has 0 aromatic heterocycles. The largest absolute Gasteiger partial charge is 0.457 e. The molecule has 0 saturated carbocycles. The van der Waals surface area contributed by atoms with E-state index in [2.05, 4.69) is 0 Å². The summed E-state index contributed by atoms with van der Waals surface area (Å²) in [5, 5.41) is 0. The minimum Gasteiger partial charge on any atom is -0.457 e. The van der Waals surface area contributed by atoms with Crippen molar-refractivity contribution in [1.29, 1.82) is 0 Å². The van der Waals surface area contributed by atoms with Crippen molar-refractivity contribution in [2.75, 3.05) is 11.9 Å². The quantitative estimate of drug-likeness (QED) is 0.535. The van der Waals surface area contributed by atoms with E-state index in [1.165, 1.54) is 0 Å². The molecule has 1 aromatic carbocycles. The summed E-state index contributed by atoms with van der Waals surface area (Å²) < 4.78 is 11.4. The number of nitrogens with zero attached hydrogens (tertiary/aromatic N) is 1. The number of amides is 1. The molecule has 1 aliphatic rings. The Morgan fingerprint density at radius 3 is 1.79 bits per heavy atom. The monoisotopic (exact) mass is 469 g/mol. The summed E-state index contributed by atoms with van der Waals surface area (Å²) in [5.74, 6) is -1.99. The SMILES string of the molecule is CN(C(=O)C1C=C(C(C)(C)C)C(C(=O)OC(C)(C)C)=C(C(=O)OC(C)(C)C)C1)c1ccccc1. The van der Waals surface area contributed by atoms with E-state index in [1.54, 1.807) is 53.5 Å². The van der Waals surface area contributed by atoms with Gasteiger partial charge < -0.3 is 14.4 Å². The molecule has 0 fully saturated rings. The molecular weight excluding hydrogens is 430 g/mol. The lowest BCUT2D eigenvalue weighted by atomic mass is 9.73. The highest BCUT2D eigenvalue weighted by atomic mass is 16.6. The first-order valence-corrected chi connectivity index (χ1v) is 11.7. The lowest BCUT2D eigenvalue weighted by Gasteiger charge is -2.34. The van der Waals surface area contributed by atoms with E-state index in [9.17, 15) is 14.4 Å². The lowest BCUT2D eigenvalue weighted by Crippen LogP contribution is -2.38. The van der Waals surface area contributed by atoms with Crippen molar-refractivity contribution >= 4 is 23.5 Å². The molecule has 0 saturated heterocycles. The smallest absolute Gasteiger partial charge is 0.339 e. The maximum absolute atomic E-state index is 13.5. The molecule has 1 aromatic rings. The Morgan fingerprint density at radius 1 is 0.824 bits per heavy atom. The van der Waals surface area contributed by atoms with Gasteiger partial charge >= 0.3 is 11.9 Å². The van der Waals surface area contributed by atoms with E-state index in [-0.39, 0.29) is 23.5 Å². The van der Waals surface area contributed by atoms with E-state index in [4.69, 9.17) is 9.47 Å². The van der Waals surface area contributed by atoms with Gasteiger partial charge in [0, 0.05) is 12.7 Å². The van der Waals surface area contributed by atoms with Crippen molar-refractivity contribution < 1.29 is 23.9 Å². The minimum absolute atomic E-state index is 0.0546. The minimum atomic E-state index is -0.757. The maximum atomic E-state index is 13.5. The topological polar surface area (TPSA) is 72.9 Å². The molecule has 1 atom stereocenters. The standard InChI is InChI=1S/C28H39NO5/c1-26(2,3)21-17-18(23(30)29(10)19-14-12-11-13-15-19)16-20(24(31)33-27(4,5)6)22(21)25(32)34-28(7,8)9/h11-15,17-18H,16H2,1-10H3. The van der Waals surface area contributed by atoms with Crippen LogP contribution in [-0.4, -0.2) is 36.1 Å². The molecule has 6 nitrogen and oxygen atoms in total. The Morgan fingerprint density at radius 2 is 1.32 bits per heavy atom. The number of ether oxygens (including phenoxy) is 2. The predicted octanol–water partition coefficient (Wildman–Crippen LogP) is 5.62. The van der Waals surface area contributed by atoms with Gasteiger partial charge in [0.2, 0.25) is 5.91 Å². The predicted molar refractivity (Wildman–Crippen MR) is 134 cm³/mol. The van der Waals surface area contributed by atoms with Crippen molar-refractivity contribution in [3.05, 3.63) is 53.1 Å². The summed E-state index contributed by atoms with van der Waals surface area (Å²) in [5.41, 5.74) is -0.296. The fraction of sp³-hybridized carbons (Fsp3) is 0.536. The number of para-hydroxylation sites is 1. The van der Waals surface area contributed by atoms with Crippen LogP contribution in [0, 0.1) is 11.3 Å². The number of anilines is 1. The third-order valence-corrected chi connectivity index (χ3v) is 5.21. The molecule has 186 valence electrons. The van der Waals surface area contributed by atoms with Crippen LogP contribution in [0.25, 0.3) is 0 Å². The fourth-order valence-corrected chi connectivity index (χ4v) is 3.73. The van der Waals surface area contributed by atoms with Crippen LogP contribution in [0.1, 0.15) is 68.7 Å². The second-order valence-electron chi connectivity index (χ2n) is 11.7. The normalized spacial score (nSPS) is 17.1. The Kier molecular flexibility index (Phi) is 7.86. The maximum Gasteiger partial charge on any atom is 0.339 e. The third-order valence-electron chi connectivity index (χ3n) is 5.21. The summed E-state index contributed by atoms with van der Waals surface area (Å²) in [4.78, 5) is 41.8. The number of hydrogen-bond donors (Lipinski definition) is 0. The highest BCUT2D eigenvalue weighted by molar-refractivity contribution is 6.06. The summed E-state index contributed by atoms with van der Waals surface area (Å²) in [7, 11) is 1.71. The van der Waals surface area contributed by atoms with Crippen LogP contribution in [0.4, 0.5) is 5.69 Å². The summed E-state index contributed by atoms with van der Waals surface area (Å²) in [6.45, 7) is 16.5. The van der Waals surface area contributed by atoms with E-state index in [0.29, 0.717) is 5.57 Å². The second kappa shape index (κ2) is 9.77. The van der Waals surface area contributed by atoms with Crippen LogP contribution in [0.3, 0.4) is 0 Å². The van der Waals surface area contributed by atoms with Crippen LogP contribution in [0.5, 0.6) is 0 Å². The first kappa shape index (κ1) is 27.4. The van der Waals surface area contributed by atoms with E-state index in [1.807, 2.05) is 57.2 Å². The van der Waals surface area contributed by atoms with Gasteiger partial charge in [-0.25, -0.2) is 9.59 Å². The average molecular weight is 470 g/mol. The van der Waals surface area contributed by atoms with Gasteiger partial charge in [0.1, 0.15) is 11.2 Å². The Bertz CT molecular complexity index is 998. The number of carbonyl (C=O) groups excluding carboxylic acids is 3. The summed E-state index contributed by atoms with van der Waals surface area (Å²) in [6.07, 6.45) is 1.87. The molecule has 0 radical (unpaired) electrons. The van der Waals surface area contributed by atoms with Gasteiger partial charge in [-0.1, -0.05) is 45.0 Å². The fourth-order valence-electron chi connectivity index (χ4n) is 3.73. The molecule has 0 bridgehead atoms. The molecule has 1 aliphatic carbocycles. The first-order valence-electron chi connectivity index (χ1n) is 11.7. The van der Waals surface area contributed by atoms with Gasteiger partial charge in [0.15, 0.2) is 0 Å². The molecule has 1 amide bonds. The van der Waals surface area contributed by atoms with Crippen molar-refractivity contribution in [2.45, 2.75) is 79.9 Å². The van der Waals surface area contributed by atoms with Gasteiger partial charge in [-0.05, 0) is 71.1 Å². The molecule has 0 N–H and O–H groups in total. The van der Waals surface area contributed by atoms with Crippen LogP contribution in [-0.2, 0) is 23.9 Å². The number of hydrogen-bond acceptors (Lipinski definition) is 5. The molecule has 34 heavy (non-hydrogen) atoms. The lowest BCUT2D eigenvalue weighted by molar-refractivity contribution is -0.153. The van der Waals surface area contributed by atoms with Crippen LogP contribution < -0.4 is 4.90 Å². The van der Waals surface area contributed by atoms with Gasteiger partial charge in [-0.15, -0.1) is 0 Å². The Hall–Kier alpha value is -2.89. The van der Waals surface area contributed by atoms with Gasteiger partial charge in [-0.2, -0.15) is 0 Å². The molecule has 0 heterocycles. The molecular formula is C28H39NO5. The Labute approximate surface area is 204 Å². The van der Waals surface area contributed by atoms with Gasteiger partial charge in [-0.3, -0.25) is 4.79 Å². The first-order chi connectivity index (χ1) is 15.4. The molecule has 6 heteroatoms. The van der Waals surface area contributed by atoms with Crippen molar-refractivity contribution in [2.24, 2.45) is 11.3 Å². The average Bonchev–Trinajstić information content (AvgIpc) is 2.69. The van der Waals surface area contributed by atoms with Crippen LogP contribution in [0.15, 0.2) is 53.1 Å². The van der Waals surface area contributed by atoms with E-state index >= 15 is 0 Å². The molecule has 0 aliphatic heterocycles.